The fraction of sp³-hybridized carbons (Fsp3) is 0.375. The molecule has 2 heterocycles. The number of morpholine rings is 1. The summed E-state index contributed by atoms with van der Waals surface area (Å²) < 4.78 is 110. The van der Waals surface area contributed by atoms with Gasteiger partial charge in [-0.2, -0.15) is 13.2 Å². The summed E-state index contributed by atoms with van der Waals surface area (Å²) in [5, 5.41) is 9.50. The fourth-order valence-corrected chi connectivity index (χ4v) is 5.19. The molecule has 4 rings (SSSR count). The van der Waals surface area contributed by atoms with E-state index < -0.39 is 78.2 Å². The number of amides is 3. The summed E-state index contributed by atoms with van der Waals surface area (Å²) in [6.45, 7) is -1.58. The van der Waals surface area contributed by atoms with Crippen LogP contribution in [0.25, 0.3) is 0 Å². The van der Waals surface area contributed by atoms with Gasteiger partial charge in [0.25, 0.3) is 0 Å². The number of methoxy groups -OCH3 is 1. The number of halogens is 7. The lowest BCUT2D eigenvalue weighted by atomic mass is 9.84. The Kier molecular flexibility index (Phi) is 12.9. The van der Waals surface area contributed by atoms with E-state index in [1.807, 2.05) is 0 Å². The lowest BCUT2D eigenvalue weighted by Gasteiger charge is -2.30. The number of ether oxygens (including phenoxy) is 3. The van der Waals surface area contributed by atoms with Gasteiger partial charge in [-0.25, -0.2) is 27.2 Å². The van der Waals surface area contributed by atoms with Gasteiger partial charge in [-0.05, 0) is 48.2 Å². The third-order valence-electron chi connectivity index (χ3n) is 7.54. The summed E-state index contributed by atoms with van der Waals surface area (Å²) in [4.78, 5) is 41.6. The molecular formula is C32H32F7N5O6. The molecule has 0 saturated carbocycles. The standard InChI is InChI=1S/C32H32F7N5O6/c1-48-31(47)44-28(27(17-2-4-19(33)5-3-17)18-8-20(34)10-21(35)9-18)29(45)43-26-13-40-12-25(36)24(26)7-6-23-11-41-22(14-49-23)15-50-30(46)42-16-32(37,38)39/h2-5,8-10,12-13,22-23,27-28,41H,6-7,11,14-16H2,1H3,(H,42,46)(H,43,45)(H,44,47)/t22-,23+,27-,28-/m0/s1. The number of hydrogen-bond donors (Lipinski definition) is 4. The van der Waals surface area contributed by atoms with Gasteiger partial charge in [0.1, 0.15) is 42.5 Å². The maximum absolute atomic E-state index is 15.1. The van der Waals surface area contributed by atoms with Crippen molar-refractivity contribution in [2.24, 2.45) is 0 Å². The molecule has 1 fully saturated rings. The molecule has 1 aliphatic heterocycles. The fourth-order valence-electron chi connectivity index (χ4n) is 5.19. The van der Waals surface area contributed by atoms with Gasteiger partial charge < -0.3 is 35.5 Å². The second kappa shape index (κ2) is 17.1. The van der Waals surface area contributed by atoms with Crippen molar-refractivity contribution in [2.45, 2.75) is 43.1 Å². The molecule has 0 bridgehead atoms. The lowest BCUT2D eigenvalue weighted by molar-refractivity contribution is -0.124. The van der Waals surface area contributed by atoms with Crippen LogP contribution < -0.4 is 21.3 Å². The summed E-state index contributed by atoms with van der Waals surface area (Å²) in [5.41, 5.74) is 0.0273. The van der Waals surface area contributed by atoms with Crippen LogP contribution in [0.5, 0.6) is 0 Å². The number of aromatic nitrogens is 1. The molecule has 3 aromatic rings. The molecule has 50 heavy (non-hydrogen) atoms. The van der Waals surface area contributed by atoms with Crippen molar-refractivity contribution in [3.05, 3.63) is 94.8 Å². The summed E-state index contributed by atoms with van der Waals surface area (Å²) >= 11 is 0. The Labute approximate surface area is 280 Å². The smallest absolute Gasteiger partial charge is 0.407 e. The zero-order valence-electron chi connectivity index (χ0n) is 26.3. The third kappa shape index (κ3) is 11.0. The molecule has 270 valence electrons. The highest BCUT2D eigenvalue weighted by Crippen LogP contribution is 2.31. The SMILES string of the molecule is COC(=O)N[C@H](C(=O)Nc1cncc(F)c1CC[C@@H]1CN[C@H](COC(=O)NCC(F)(F)F)CO1)[C@@H](c1ccc(F)cc1)c1cc(F)cc(F)c1. The molecule has 4 atom stereocenters. The van der Waals surface area contributed by atoms with E-state index in [1.165, 1.54) is 12.1 Å². The Bertz CT molecular complexity index is 1620. The molecule has 0 aliphatic carbocycles. The van der Waals surface area contributed by atoms with Crippen LogP contribution in [0, 0.1) is 23.3 Å². The summed E-state index contributed by atoms with van der Waals surface area (Å²) in [6.07, 6.45) is -5.11. The first kappa shape index (κ1) is 37.8. The van der Waals surface area contributed by atoms with Crippen LogP contribution in [-0.4, -0.2) is 80.9 Å². The minimum atomic E-state index is -4.59. The highest BCUT2D eigenvalue weighted by molar-refractivity contribution is 5.98. The highest BCUT2D eigenvalue weighted by atomic mass is 19.4. The van der Waals surface area contributed by atoms with Crippen LogP contribution in [0.3, 0.4) is 0 Å². The van der Waals surface area contributed by atoms with Crippen LogP contribution in [0.1, 0.15) is 29.0 Å². The topological polar surface area (TPSA) is 140 Å². The Hall–Kier alpha value is -4.97. The van der Waals surface area contributed by atoms with E-state index in [-0.39, 0.29) is 55.0 Å². The molecule has 1 aromatic heterocycles. The maximum atomic E-state index is 15.1. The van der Waals surface area contributed by atoms with E-state index in [0.717, 1.165) is 43.8 Å². The van der Waals surface area contributed by atoms with Crippen LogP contribution in [0.2, 0.25) is 0 Å². The summed E-state index contributed by atoms with van der Waals surface area (Å²) in [6, 6.07) is 5.02. The third-order valence-corrected chi connectivity index (χ3v) is 7.54. The lowest BCUT2D eigenvalue weighted by Crippen LogP contribution is -2.49. The van der Waals surface area contributed by atoms with Crippen molar-refractivity contribution >= 4 is 23.8 Å². The van der Waals surface area contributed by atoms with Gasteiger partial charge in [-0.1, -0.05) is 12.1 Å². The van der Waals surface area contributed by atoms with E-state index in [4.69, 9.17) is 9.47 Å². The highest BCUT2D eigenvalue weighted by Gasteiger charge is 2.35. The molecule has 11 nitrogen and oxygen atoms in total. The number of benzene rings is 2. The Morgan fingerprint density at radius 3 is 2.30 bits per heavy atom. The number of pyridine rings is 1. The molecule has 2 aromatic carbocycles. The van der Waals surface area contributed by atoms with E-state index in [2.05, 4.69) is 25.7 Å². The van der Waals surface area contributed by atoms with Crippen molar-refractivity contribution in [1.82, 2.24) is 20.9 Å². The zero-order chi connectivity index (χ0) is 36.4. The van der Waals surface area contributed by atoms with Crippen LogP contribution in [-0.2, 0) is 25.4 Å². The van der Waals surface area contributed by atoms with Gasteiger partial charge in [0, 0.05) is 24.1 Å². The Balaban J connectivity index is 1.47. The average molecular weight is 716 g/mol. The van der Waals surface area contributed by atoms with Gasteiger partial charge >= 0.3 is 18.4 Å². The van der Waals surface area contributed by atoms with Gasteiger partial charge in [-0.15, -0.1) is 0 Å². The second-order valence-electron chi connectivity index (χ2n) is 11.1. The van der Waals surface area contributed by atoms with Gasteiger partial charge in [-0.3, -0.25) is 9.78 Å². The maximum Gasteiger partial charge on any atom is 0.407 e. The number of carbonyl (C=O) groups is 3. The minimum Gasteiger partial charge on any atom is -0.453 e. The molecule has 0 radical (unpaired) electrons. The van der Waals surface area contributed by atoms with Crippen LogP contribution >= 0.6 is 0 Å². The van der Waals surface area contributed by atoms with Crippen molar-refractivity contribution in [3.8, 4) is 0 Å². The van der Waals surface area contributed by atoms with Gasteiger partial charge in [0.2, 0.25) is 5.91 Å². The number of rotatable bonds is 12. The van der Waals surface area contributed by atoms with Crippen molar-refractivity contribution in [3.63, 3.8) is 0 Å². The zero-order valence-corrected chi connectivity index (χ0v) is 26.3. The van der Waals surface area contributed by atoms with E-state index >= 15 is 4.39 Å². The van der Waals surface area contributed by atoms with Crippen molar-refractivity contribution in [2.75, 3.05) is 38.7 Å². The van der Waals surface area contributed by atoms with E-state index in [1.54, 1.807) is 5.32 Å². The number of anilines is 1. The average Bonchev–Trinajstić information content (AvgIpc) is 3.06. The molecule has 1 aliphatic rings. The largest absolute Gasteiger partial charge is 0.453 e. The predicted molar refractivity (Wildman–Crippen MR) is 162 cm³/mol. The Morgan fingerprint density at radius 2 is 1.68 bits per heavy atom. The summed E-state index contributed by atoms with van der Waals surface area (Å²) in [5.74, 6) is -5.64. The summed E-state index contributed by atoms with van der Waals surface area (Å²) in [7, 11) is 1.03. The van der Waals surface area contributed by atoms with Crippen LogP contribution in [0.4, 0.5) is 46.0 Å². The molecule has 18 heteroatoms. The minimum absolute atomic E-state index is 0.00290. The number of alkyl halides is 3. The molecule has 0 spiro atoms. The van der Waals surface area contributed by atoms with Crippen LogP contribution in [0.15, 0.2) is 54.9 Å². The first-order chi connectivity index (χ1) is 23.7. The number of alkyl carbamates (subject to hydrolysis) is 2. The van der Waals surface area contributed by atoms with Gasteiger partial charge in [0.15, 0.2) is 0 Å². The van der Waals surface area contributed by atoms with E-state index in [0.29, 0.717) is 6.07 Å². The Morgan fingerprint density at radius 1 is 0.980 bits per heavy atom. The number of hydrogen-bond acceptors (Lipinski definition) is 8. The number of nitrogens with zero attached hydrogens (tertiary/aromatic N) is 1. The van der Waals surface area contributed by atoms with Crippen molar-refractivity contribution in [1.29, 1.82) is 0 Å². The quantitative estimate of drug-likeness (QED) is 0.198. The van der Waals surface area contributed by atoms with Crippen molar-refractivity contribution < 1.29 is 59.3 Å². The predicted octanol–water partition coefficient (Wildman–Crippen LogP) is 4.71. The normalized spacial score (nSPS) is 17.3. The molecular weight excluding hydrogens is 683 g/mol. The number of carbonyl (C=O) groups excluding carboxylic acids is 3. The first-order valence-corrected chi connectivity index (χ1v) is 15.0. The second-order valence-corrected chi connectivity index (χ2v) is 11.1. The molecule has 0 unspecified atom stereocenters. The van der Waals surface area contributed by atoms with Gasteiger partial charge in [0.05, 0.1) is 43.9 Å². The molecule has 3 amide bonds. The first-order valence-electron chi connectivity index (χ1n) is 15.0. The molecule has 1 saturated heterocycles. The molecule has 4 N–H and O–H groups in total. The monoisotopic (exact) mass is 715 g/mol. The van der Waals surface area contributed by atoms with E-state index in [9.17, 15) is 40.7 Å². The number of nitrogens with one attached hydrogen (secondary N) is 4.